The van der Waals surface area contributed by atoms with Gasteiger partial charge in [-0.15, -0.1) is 0 Å². The summed E-state index contributed by atoms with van der Waals surface area (Å²) in [6, 6.07) is 14.2. The Labute approximate surface area is 159 Å². The van der Waals surface area contributed by atoms with Crippen LogP contribution in [0.25, 0.3) is 16.9 Å². The highest BCUT2D eigenvalue weighted by Gasteiger charge is 2.30. The molecule has 0 unspecified atom stereocenters. The van der Waals surface area contributed by atoms with Crippen LogP contribution in [0.15, 0.2) is 54.9 Å². The molecule has 1 aliphatic rings. The SMILES string of the molecule is CC(C)N(C(=O)c1ccc(-c2cnn(-c3ccccc3)c2)[nH]1)[C@H]1CCNC1. The molecule has 0 spiro atoms. The van der Waals surface area contributed by atoms with E-state index in [0.29, 0.717) is 5.69 Å². The van der Waals surface area contributed by atoms with Crippen molar-refractivity contribution in [2.45, 2.75) is 32.4 Å². The first-order valence-electron chi connectivity index (χ1n) is 9.46. The van der Waals surface area contributed by atoms with Crippen molar-refractivity contribution in [3.8, 4) is 16.9 Å². The summed E-state index contributed by atoms with van der Waals surface area (Å²) in [4.78, 5) is 18.4. The van der Waals surface area contributed by atoms with Gasteiger partial charge in [0, 0.05) is 36.1 Å². The van der Waals surface area contributed by atoms with Gasteiger partial charge >= 0.3 is 0 Å². The van der Waals surface area contributed by atoms with E-state index in [1.54, 1.807) is 0 Å². The molecule has 140 valence electrons. The van der Waals surface area contributed by atoms with E-state index >= 15 is 0 Å². The molecule has 3 heterocycles. The molecule has 4 rings (SSSR count). The summed E-state index contributed by atoms with van der Waals surface area (Å²) in [5.41, 5.74) is 3.48. The third-order valence-electron chi connectivity index (χ3n) is 5.05. The molecule has 0 bridgehead atoms. The molecular formula is C21H25N5O. The average molecular weight is 363 g/mol. The number of H-pyrrole nitrogens is 1. The molecule has 6 heteroatoms. The standard InChI is InChI=1S/C21H25N5O/c1-15(2)26(18-10-11-22-13-18)21(27)20-9-8-19(24-20)16-12-23-25(14-16)17-6-4-3-5-7-17/h3-9,12,14-15,18,22,24H,10-11,13H2,1-2H3/t18-/m0/s1. The number of para-hydroxylation sites is 1. The van der Waals surface area contributed by atoms with E-state index in [0.717, 1.165) is 36.5 Å². The van der Waals surface area contributed by atoms with E-state index in [1.807, 2.05) is 64.4 Å². The summed E-state index contributed by atoms with van der Waals surface area (Å²) in [5.74, 6) is 0.0559. The van der Waals surface area contributed by atoms with Crippen LogP contribution in [-0.2, 0) is 0 Å². The third-order valence-corrected chi connectivity index (χ3v) is 5.05. The van der Waals surface area contributed by atoms with Crippen LogP contribution >= 0.6 is 0 Å². The first kappa shape index (κ1) is 17.5. The van der Waals surface area contributed by atoms with Gasteiger partial charge in [-0.3, -0.25) is 4.79 Å². The molecule has 1 fully saturated rings. The van der Waals surface area contributed by atoms with Gasteiger partial charge in [0.2, 0.25) is 0 Å². The summed E-state index contributed by atoms with van der Waals surface area (Å²) >= 11 is 0. The number of nitrogens with one attached hydrogen (secondary N) is 2. The summed E-state index contributed by atoms with van der Waals surface area (Å²) in [7, 11) is 0. The molecule has 1 aromatic carbocycles. The summed E-state index contributed by atoms with van der Waals surface area (Å²) in [5, 5.41) is 7.78. The fourth-order valence-corrected chi connectivity index (χ4v) is 3.71. The zero-order chi connectivity index (χ0) is 18.8. The number of benzene rings is 1. The van der Waals surface area contributed by atoms with Gasteiger partial charge in [-0.1, -0.05) is 18.2 Å². The first-order valence-corrected chi connectivity index (χ1v) is 9.46. The van der Waals surface area contributed by atoms with Crippen LogP contribution in [0.1, 0.15) is 30.8 Å². The van der Waals surface area contributed by atoms with Gasteiger partial charge in [-0.25, -0.2) is 4.68 Å². The van der Waals surface area contributed by atoms with Crippen LogP contribution < -0.4 is 5.32 Å². The monoisotopic (exact) mass is 363 g/mol. The molecule has 2 N–H and O–H groups in total. The quantitative estimate of drug-likeness (QED) is 0.732. The minimum atomic E-state index is 0.0559. The lowest BCUT2D eigenvalue weighted by Crippen LogP contribution is -2.46. The lowest BCUT2D eigenvalue weighted by atomic mass is 10.1. The first-order chi connectivity index (χ1) is 13.1. The van der Waals surface area contributed by atoms with E-state index in [9.17, 15) is 4.79 Å². The maximum Gasteiger partial charge on any atom is 0.270 e. The van der Waals surface area contributed by atoms with Gasteiger partial charge in [0.15, 0.2) is 0 Å². The Hall–Kier alpha value is -2.86. The molecule has 6 nitrogen and oxygen atoms in total. The number of carbonyl (C=O) groups is 1. The highest BCUT2D eigenvalue weighted by Crippen LogP contribution is 2.22. The molecule has 0 radical (unpaired) electrons. The number of aromatic nitrogens is 3. The second-order valence-corrected chi connectivity index (χ2v) is 7.25. The maximum absolute atomic E-state index is 13.1. The Morgan fingerprint density at radius 1 is 1.22 bits per heavy atom. The molecule has 3 aromatic rings. The Morgan fingerprint density at radius 2 is 2.04 bits per heavy atom. The van der Waals surface area contributed by atoms with Crippen molar-refractivity contribution in [3.05, 3.63) is 60.6 Å². The normalized spacial score (nSPS) is 16.8. The minimum Gasteiger partial charge on any atom is -0.350 e. The number of hydrogen-bond acceptors (Lipinski definition) is 3. The molecule has 1 aliphatic heterocycles. The second-order valence-electron chi connectivity index (χ2n) is 7.25. The molecule has 1 amide bonds. The van der Waals surface area contributed by atoms with Crippen molar-refractivity contribution in [3.63, 3.8) is 0 Å². The number of carbonyl (C=O) groups excluding carboxylic acids is 1. The number of aromatic amines is 1. The highest BCUT2D eigenvalue weighted by molar-refractivity contribution is 5.94. The van der Waals surface area contributed by atoms with E-state index in [4.69, 9.17) is 0 Å². The molecule has 2 aromatic heterocycles. The Morgan fingerprint density at radius 3 is 2.74 bits per heavy atom. The van der Waals surface area contributed by atoms with Crippen LogP contribution in [0.3, 0.4) is 0 Å². The highest BCUT2D eigenvalue weighted by atomic mass is 16.2. The largest absolute Gasteiger partial charge is 0.350 e. The Bertz CT molecular complexity index is 906. The summed E-state index contributed by atoms with van der Waals surface area (Å²) in [6.07, 6.45) is 4.78. The van der Waals surface area contributed by atoms with Crippen molar-refractivity contribution >= 4 is 5.91 Å². The van der Waals surface area contributed by atoms with E-state index in [2.05, 4.69) is 29.2 Å². The van der Waals surface area contributed by atoms with Gasteiger partial charge in [-0.2, -0.15) is 5.10 Å². The number of hydrogen-bond donors (Lipinski definition) is 2. The minimum absolute atomic E-state index is 0.0559. The average Bonchev–Trinajstić information content (AvgIpc) is 3.42. The van der Waals surface area contributed by atoms with Gasteiger partial charge in [0.05, 0.1) is 11.9 Å². The van der Waals surface area contributed by atoms with Crippen LogP contribution in [0, 0.1) is 0 Å². The second kappa shape index (κ2) is 7.40. The fourth-order valence-electron chi connectivity index (χ4n) is 3.71. The van der Waals surface area contributed by atoms with Gasteiger partial charge in [0.1, 0.15) is 5.69 Å². The number of amides is 1. The van der Waals surface area contributed by atoms with Gasteiger partial charge in [0.25, 0.3) is 5.91 Å². The van der Waals surface area contributed by atoms with Crippen molar-refractivity contribution in [1.29, 1.82) is 0 Å². The molecule has 27 heavy (non-hydrogen) atoms. The smallest absolute Gasteiger partial charge is 0.270 e. The van der Waals surface area contributed by atoms with Crippen LogP contribution in [-0.4, -0.2) is 50.7 Å². The Kier molecular flexibility index (Phi) is 4.81. The molecule has 0 saturated carbocycles. The van der Waals surface area contributed by atoms with Crippen molar-refractivity contribution < 1.29 is 4.79 Å². The number of rotatable bonds is 5. The molecule has 0 aliphatic carbocycles. The zero-order valence-electron chi connectivity index (χ0n) is 15.7. The topological polar surface area (TPSA) is 66.0 Å². The lowest BCUT2D eigenvalue weighted by Gasteiger charge is -2.32. The predicted molar refractivity (Wildman–Crippen MR) is 106 cm³/mol. The summed E-state index contributed by atoms with van der Waals surface area (Å²) in [6.45, 7) is 5.98. The number of nitrogens with zero attached hydrogens (tertiary/aromatic N) is 3. The van der Waals surface area contributed by atoms with Crippen LogP contribution in [0.2, 0.25) is 0 Å². The Balaban J connectivity index is 1.56. The van der Waals surface area contributed by atoms with Crippen molar-refractivity contribution in [2.75, 3.05) is 13.1 Å². The molecule has 1 atom stereocenters. The summed E-state index contributed by atoms with van der Waals surface area (Å²) < 4.78 is 1.84. The van der Waals surface area contributed by atoms with Crippen molar-refractivity contribution in [1.82, 2.24) is 25.0 Å². The third kappa shape index (κ3) is 3.53. The van der Waals surface area contributed by atoms with Crippen molar-refractivity contribution in [2.24, 2.45) is 0 Å². The van der Waals surface area contributed by atoms with E-state index in [1.165, 1.54) is 0 Å². The van der Waals surface area contributed by atoms with Crippen LogP contribution in [0.5, 0.6) is 0 Å². The van der Waals surface area contributed by atoms with Crippen LogP contribution in [0.4, 0.5) is 0 Å². The van der Waals surface area contributed by atoms with E-state index in [-0.39, 0.29) is 18.0 Å². The van der Waals surface area contributed by atoms with Gasteiger partial charge in [-0.05, 0) is 51.1 Å². The zero-order valence-corrected chi connectivity index (χ0v) is 15.7. The predicted octanol–water partition coefficient (Wildman–Crippen LogP) is 3.08. The fraction of sp³-hybridized carbons (Fsp3) is 0.333. The molecular weight excluding hydrogens is 338 g/mol. The van der Waals surface area contributed by atoms with E-state index < -0.39 is 0 Å². The maximum atomic E-state index is 13.1. The van der Waals surface area contributed by atoms with Gasteiger partial charge < -0.3 is 15.2 Å². The lowest BCUT2D eigenvalue weighted by molar-refractivity contribution is 0.0621. The molecule has 1 saturated heterocycles.